The van der Waals surface area contributed by atoms with Crippen molar-refractivity contribution in [3.05, 3.63) is 112 Å². The van der Waals surface area contributed by atoms with Crippen LogP contribution in [0, 0.1) is 30.2 Å². The normalized spacial score (nSPS) is 14.6. The maximum atomic E-state index is 15.4. The van der Waals surface area contributed by atoms with Crippen molar-refractivity contribution in [1.82, 2.24) is 14.5 Å². The average molecular weight is 592 g/mol. The summed E-state index contributed by atoms with van der Waals surface area (Å²) in [7, 11) is 0. The molecule has 0 aliphatic carbocycles. The molecule has 43 heavy (non-hydrogen) atoms. The lowest BCUT2D eigenvalue weighted by molar-refractivity contribution is -0.0589. The molecule has 11 heteroatoms. The van der Waals surface area contributed by atoms with Crippen molar-refractivity contribution in [1.29, 1.82) is 0 Å². The molecule has 0 radical (unpaired) electrons. The number of halogens is 4. The molecule has 1 N–H and O–H groups in total. The second kappa shape index (κ2) is 11.5. The fourth-order valence-corrected chi connectivity index (χ4v) is 4.96. The molecule has 0 saturated carbocycles. The quantitative estimate of drug-likeness (QED) is 0.194. The first-order valence-corrected chi connectivity index (χ1v) is 13.5. The number of hydrogen-bond donors (Lipinski definition) is 1. The molecule has 6 rings (SSSR count). The summed E-state index contributed by atoms with van der Waals surface area (Å²) in [5, 5.41) is 9.44. The highest BCUT2D eigenvalue weighted by atomic mass is 19.1. The van der Waals surface area contributed by atoms with Crippen LogP contribution in [0.5, 0.6) is 5.88 Å². The Morgan fingerprint density at radius 1 is 0.953 bits per heavy atom. The summed E-state index contributed by atoms with van der Waals surface area (Å²) in [5.74, 6) is -4.05. The van der Waals surface area contributed by atoms with Crippen molar-refractivity contribution in [2.24, 2.45) is 0 Å². The topological polar surface area (TPSA) is 86.5 Å². The van der Waals surface area contributed by atoms with Crippen LogP contribution in [-0.2, 0) is 24.3 Å². The maximum absolute atomic E-state index is 15.4. The SMILES string of the molecule is Cc1ccc(COc2nc(-c3cc(F)c(Cc4nc5ccc(C(=O)O)cc5n4C[C@@H]4CCO4)cc3F)ccc2F)c(F)c1. The Morgan fingerprint density at radius 3 is 2.47 bits per heavy atom. The van der Waals surface area contributed by atoms with Gasteiger partial charge in [0.25, 0.3) is 5.88 Å². The van der Waals surface area contributed by atoms with Crippen molar-refractivity contribution < 1.29 is 36.9 Å². The number of imidazole rings is 1. The molecule has 5 aromatic rings. The smallest absolute Gasteiger partial charge is 0.335 e. The van der Waals surface area contributed by atoms with Crippen LogP contribution in [0.15, 0.2) is 60.7 Å². The number of carboxylic acid groups (broad SMARTS) is 1. The molecule has 3 heterocycles. The monoisotopic (exact) mass is 591 g/mol. The molecule has 2 aromatic heterocycles. The number of pyridine rings is 1. The van der Waals surface area contributed by atoms with Crippen molar-refractivity contribution in [2.45, 2.75) is 39.0 Å². The Kier molecular flexibility index (Phi) is 7.57. The maximum Gasteiger partial charge on any atom is 0.335 e. The van der Waals surface area contributed by atoms with E-state index in [1.165, 1.54) is 30.3 Å². The number of carbonyl (C=O) groups is 1. The lowest BCUT2D eigenvalue weighted by atomic mass is 10.0. The fourth-order valence-electron chi connectivity index (χ4n) is 4.96. The molecule has 1 fully saturated rings. The molecular weight excluding hydrogens is 566 g/mol. The lowest BCUT2D eigenvalue weighted by Crippen LogP contribution is -2.31. The van der Waals surface area contributed by atoms with Crippen LogP contribution < -0.4 is 4.74 Å². The van der Waals surface area contributed by atoms with Gasteiger partial charge in [-0.1, -0.05) is 12.1 Å². The van der Waals surface area contributed by atoms with Gasteiger partial charge >= 0.3 is 5.97 Å². The second-order valence-electron chi connectivity index (χ2n) is 10.4. The van der Waals surface area contributed by atoms with E-state index in [1.807, 2.05) is 0 Å². The van der Waals surface area contributed by atoms with Crippen LogP contribution in [0.25, 0.3) is 22.3 Å². The van der Waals surface area contributed by atoms with Gasteiger partial charge in [-0.05, 0) is 73.0 Å². The van der Waals surface area contributed by atoms with Crippen LogP contribution >= 0.6 is 0 Å². The minimum atomic E-state index is -1.09. The number of ether oxygens (including phenoxy) is 2. The number of aromatic carboxylic acids is 1. The number of rotatable bonds is 9. The molecule has 1 aliphatic heterocycles. The third-order valence-electron chi connectivity index (χ3n) is 7.40. The van der Waals surface area contributed by atoms with Gasteiger partial charge in [-0.25, -0.2) is 32.3 Å². The van der Waals surface area contributed by atoms with E-state index in [1.54, 1.807) is 23.6 Å². The molecule has 1 atom stereocenters. The Balaban J connectivity index is 1.29. The summed E-state index contributed by atoms with van der Waals surface area (Å²) in [6, 6.07) is 13.3. The average Bonchev–Trinajstić information content (AvgIpc) is 3.28. The minimum Gasteiger partial charge on any atom is -0.478 e. The van der Waals surface area contributed by atoms with E-state index < -0.39 is 35.1 Å². The minimum absolute atomic E-state index is 0.0132. The molecule has 7 nitrogen and oxygen atoms in total. The first kappa shape index (κ1) is 28.4. The largest absolute Gasteiger partial charge is 0.478 e. The number of hydrogen-bond acceptors (Lipinski definition) is 5. The van der Waals surface area contributed by atoms with Crippen LogP contribution in [-0.4, -0.2) is 38.3 Å². The van der Waals surface area contributed by atoms with Gasteiger partial charge in [0.05, 0.1) is 34.9 Å². The van der Waals surface area contributed by atoms with Gasteiger partial charge in [-0.3, -0.25) is 0 Å². The Bertz CT molecular complexity index is 1870. The predicted molar refractivity (Wildman–Crippen MR) is 149 cm³/mol. The number of aromatic nitrogens is 3. The first-order valence-electron chi connectivity index (χ1n) is 13.5. The van der Waals surface area contributed by atoms with Crippen LogP contribution in [0.1, 0.15) is 39.3 Å². The number of nitrogens with zero attached hydrogens (tertiary/aromatic N) is 3. The van der Waals surface area contributed by atoms with Gasteiger partial charge in [-0.2, -0.15) is 0 Å². The highest BCUT2D eigenvalue weighted by Crippen LogP contribution is 2.30. The lowest BCUT2D eigenvalue weighted by Gasteiger charge is -2.27. The summed E-state index contributed by atoms with van der Waals surface area (Å²) in [4.78, 5) is 20.2. The van der Waals surface area contributed by atoms with Gasteiger partial charge in [0.2, 0.25) is 0 Å². The molecule has 3 aromatic carbocycles. The van der Waals surface area contributed by atoms with Crippen LogP contribution in [0.4, 0.5) is 17.6 Å². The van der Waals surface area contributed by atoms with Crippen LogP contribution in [0.2, 0.25) is 0 Å². The molecule has 220 valence electrons. The Labute approximate surface area is 243 Å². The summed E-state index contributed by atoms with van der Waals surface area (Å²) >= 11 is 0. The van der Waals surface area contributed by atoms with Crippen molar-refractivity contribution in [2.75, 3.05) is 6.61 Å². The van der Waals surface area contributed by atoms with Crippen molar-refractivity contribution >= 4 is 17.0 Å². The zero-order valence-corrected chi connectivity index (χ0v) is 22.9. The van der Waals surface area contributed by atoms with E-state index in [0.29, 0.717) is 35.6 Å². The third kappa shape index (κ3) is 5.80. The number of fused-ring (bicyclic) bond motifs is 1. The standard InChI is InChI=1S/C32H25F4N3O4/c1-17-2-3-19(24(34)10-17)16-43-31-23(33)5-7-27(38-31)22-14-25(35)20(11-26(22)36)13-30-37-28-6-4-18(32(40)41)12-29(28)39(30)15-21-8-9-42-21/h2-7,10-12,14,21H,8-9,13,15-16H2,1H3,(H,40,41)/t21-/m0/s1. The third-order valence-corrected chi connectivity index (χ3v) is 7.40. The van der Waals surface area contributed by atoms with Crippen LogP contribution in [0.3, 0.4) is 0 Å². The second-order valence-corrected chi connectivity index (χ2v) is 10.4. The van der Waals surface area contributed by atoms with Crippen molar-refractivity contribution in [3.8, 4) is 17.1 Å². The van der Waals surface area contributed by atoms with Gasteiger partial charge in [0.1, 0.15) is 29.9 Å². The summed E-state index contributed by atoms with van der Waals surface area (Å²) in [5.41, 5.74) is 1.78. The Morgan fingerprint density at radius 2 is 1.74 bits per heavy atom. The number of aryl methyl sites for hydroxylation is 1. The van der Waals surface area contributed by atoms with E-state index in [-0.39, 0.29) is 47.1 Å². The first-order chi connectivity index (χ1) is 20.7. The summed E-state index contributed by atoms with van der Waals surface area (Å²) in [6.45, 7) is 2.41. The summed E-state index contributed by atoms with van der Waals surface area (Å²) in [6.07, 6.45) is 0.628. The fraction of sp³-hybridized carbons (Fsp3) is 0.219. The van der Waals surface area contributed by atoms with Gasteiger partial charge in [-0.15, -0.1) is 0 Å². The van der Waals surface area contributed by atoms with E-state index in [0.717, 1.165) is 24.6 Å². The van der Waals surface area contributed by atoms with E-state index in [2.05, 4.69) is 9.97 Å². The molecule has 0 amide bonds. The molecular formula is C32H25F4N3O4. The Hall–Kier alpha value is -4.77. The van der Waals surface area contributed by atoms with Crippen molar-refractivity contribution in [3.63, 3.8) is 0 Å². The zero-order valence-electron chi connectivity index (χ0n) is 22.9. The molecule has 1 saturated heterocycles. The van der Waals surface area contributed by atoms with Gasteiger partial charge < -0.3 is 19.1 Å². The van der Waals surface area contributed by atoms with E-state index in [9.17, 15) is 18.7 Å². The zero-order chi connectivity index (χ0) is 30.2. The predicted octanol–water partition coefficient (Wildman–Crippen LogP) is 6.62. The molecule has 0 spiro atoms. The van der Waals surface area contributed by atoms with E-state index >= 15 is 8.78 Å². The molecule has 0 bridgehead atoms. The summed E-state index contributed by atoms with van der Waals surface area (Å²) < 4.78 is 72.2. The van der Waals surface area contributed by atoms with Gasteiger partial charge in [0.15, 0.2) is 5.82 Å². The molecule has 1 aliphatic rings. The number of carboxylic acids is 1. The van der Waals surface area contributed by atoms with E-state index in [4.69, 9.17) is 9.47 Å². The highest BCUT2D eigenvalue weighted by Gasteiger charge is 2.24. The number of benzene rings is 3. The van der Waals surface area contributed by atoms with Gasteiger partial charge in [0, 0.05) is 24.2 Å². The molecule has 0 unspecified atom stereocenters. The highest BCUT2D eigenvalue weighted by molar-refractivity contribution is 5.92.